The Bertz CT molecular complexity index is 548. The molecule has 9 heteroatoms. The van der Waals surface area contributed by atoms with Crippen LogP contribution in [0.5, 0.6) is 0 Å². The second-order valence-electron chi connectivity index (χ2n) is 3.97. The van der Waals surface area contributed by atoms with Gasteiger partial charge in [0, 0.05) is 0 Å². The van der Waals surface area contributed by atoms with E-state index in [0.29, 0.717) is 0 Å². The Labute approximate surface area is 137 Å². The third-order valence-electron chi connectivity index (χ3n) is 2.11. The van der Waals surface area contributed by atoms with Gasteiger partial charge in [-0.05, 0) is 0 Å². The molecule has 0 saturated heterocycles. The van der Waals surface area contributed by atoms with E-state index < -0.39 is 40.4 Å². The molecule has 0 bridgehead atoms. The number of rotatable bonds is 4. The molecule has 0 radical (unpaired) electrons. The normalized spacial score (nSPS) is 10.7. The summed E-state index contributed by atoms with van der Waals surface area (Å²) in [7, 11) is 0. The van der Waals surface area contributed by atoms with E-state index in [1.54, 1.807) is 0 Å². The average Bonchev–Trinajstić information content (AvgIpc) is 2.29. The van der Waals surface area contributed by atoms with E-state index in [1.807, 2.05) is 0 Å². The van der Waals surface area contributed by atoms with Crippen LogP contribution < -0.4 is 3.12 Å². The summed E-state index contributed by atoms with van der Waals surface area (Å²) in [6, 6.07) is 4.25. The number of halogens is 2. The van der Waals surface area contributed by atoms with Crippen molar-refractivity contribution in [1.82, 2.24) is 0 Å². The van der Waals surface area contributed by atoms with E-state index in [2.05, 4.69) is 0 Å². The molecule has 21 heavy (non-hydrogen) atoms. The first-order chi connectivity index (χ1) is 9.66. The number of benzene rings is 1. The monoisotopic (exact) mass is 530 g/mol. The quantitative estimate of drug-likeness (QED) is 0.553. The Morgan fingerprint density at radius 1 is 0.857 bits per heavy atom. The zero-order valence-electron chi connectivity index (χ0n) is 11.4. The molecule has 1 aromatic carbocycles. The number of hydrogen-bond acceptors (Lipinski definition) is 6. The molecule has 0 heterocycles. The van der Waals surface area contributed by atoms with E-state index >= 15 is 0 Å². The molecule has 0 N–H and O–H groups in total. The number of hydrogen-bond donors (Lipinski definition) is 0. The van der Waals surface area contributed by atoms with E-state index in [9.17, 15) is 14.4 Å². The van der Waals surface area contributed by atoms with Gasteiger partial charge in [0.2, 0.25) is 0 Å². The van der Waals surface area contributed by atoms with Crippen LogP contribution in [0.15, 0.2) is 18.2 Å². The van der Waals surface area contributed by atoms with Gasteiger partial charge in [0.25, 0.3) is 0 Å². The van der Waals surface area contributed by atoms with E-state index in [1.165, 1.54) is 18.2 Å². The fourth-order valence-electron chi connectivity index (χ4n) is 1.49. The van der Waals surface area contributed by atoms with Crippen LogP contribution in [-0.4, -0.2) is 40.4 Å². The molecule has 0 atom stereocenters. The summed E-state index contributed by atoms with van der Waals surface area (Å²) in [5, 5.41) is 0.418. The van der Waals surface area contributed by atoms with E-state index in [4.69, 9.17) is 31.3 Å². The van der Waals surface area contributed by atoms with Gasteiger partial charge in [-0.3, -0.25) is 0 Å². The fraction of sp³-hybridized carbons (Fsp3) is 0.250. The summed E-state index contributed by atoms with van der Waals surface area (Å²) in [4.78, 5) is 34.0. The fourth-order valence-corrected chi connectivity index (χ4v) is 10.8. The average molecular weight is 530 g/mol. The summed E-state index contributed by atoms with van der Waals surface area (Å²) in [6.07, 6.45) is 0. The first-order valence-corrected chi connectivity index (χ1v) is 13.2. The maximum absolute atomic E-state index is 11.3. The van der Waals surface area contributed by atoms with Crippen molar-refractivity contribution in [3.63, 3.8) is 0 Å². The molecule has 0 aliphatic carbocycles. The third kappa shape index (κ3) is 5.12. The molecule has 0 aromatic heterocycles. The van der Waals surface area contributed by atoms with Crippen LogP contribution in [0.1, 0.15) is 20.8 Å². The van der Waals surface area contributed by atoms with Crippen molar-refractivity contribution in [3.8, 4) is 0 Å². The summed E-state index contributed by atoms with van der Waals surface area (Å²) in [6.45, 7) is 3.37. The van der Waals surface area contributed by atoms with Gasteiger partial charge >= 0.3 is 138 Å². The SMILES string of the molecule is CC(=O)[O][Pb]([O]C(C)=O)([O]C(C)=O)[c]1ccc(Cl)c(Cl)c1. The van der Waals surface area contributed by atoms with Gasteiger partial charge in [0.15, 0.2) is 0 Å². The van der Waals surface area contributed by atoms with E-state index in [-0.39, 0.29) is 13.2 Å². The molecule has 0 unspecified atom stereocenters. The summed E-state index contributed by atoms with van der Waals surface area (Å²) in [5.41, 5.74) is 0. The van der Waals surface area contributed by atoms with Gasteiger partial charge < -0.3 is 0 Å². The van der Waals surface area contributed by atoms with Crippen LogP contribution in [0.25, 0.3) is 0 Å². The second-order valence-corrected chi connectivity index (χ2v) is 13.7. The van der Waals surface area contributed by atoms with Gasteiger partial charge in [-0.1, -0.05) is 0 Å². The Kier molecular flexibility index (Phi) is 6.42. The van der Waals surface area contributed by atoms with Crippen molar-refractivity contribution in [2.75, 3.05) is 0 Å². The van der Waals surface area contributed by atoms with Gasteiger partial charge in [-0.15, -0.1) is 0 Å². The predicted molar refractivity (Wildman–Crippen MR) is 77.1 cm³/mol. The number of carbonyl (C=O) groups excluding carboxylic acids is 3. The van der Waals surface area contributed by atoms with Crippen molar-refractivity contribution in [3.05, 3.63) is 28.2 Å². The molecule has 1 rings (SSSR count). The second kappa shape index (κ2) is 7.41. The maximum atomic E-state index is 11.3. The molecular formula is C12H12Cl2O6Pb. The molecule has 0 fully saturated rings. The van der Waals surface area contributed by atoms with Crippen molar-refractivity contribution in [2.24, 2.45) is 0 Å². The molecule has 0 amide bonds. The van der Waals surface area contributed by atoms with Crippen molar-refractivity contribution in [1.29, 1.82) is 0 Å². The molecule has 0 aliphatic heterocycles. The topological polar surface area (TPSA) is 78.9 Å². The van der Waals surface area contributed by atoms with Crippen LogP contribution in [-0.2, 0) is 22.4 Å². The van der Waals surface area contributed by atoms with Crippen LogP contribution in [0.4, 0.5) is 0 Å². The summed E-state index contributed by atoms with van der Waals surface area (Å²) in [5.74, 6) is -2.19. The minimum absolute atomic E-state index is 0.157. The summed E-state index contributed by atoms with van der Waals surface area (Å²) < 4.78 is 15.7. The molecular weight excluding hydrogens is 518 g/mol. The Morgan fingerprint density at radius 3 is 1.62 bits per heavy atom. The predicted octanol–water partition coefficient (Wildman–Crippen LogP) is 1.83. The van der Waals surface area contributed by atoms with Crippen molar-refractivity contribution < 1.29 is 22.4 Å². The van der Waals surface area contributed by atoms with Gasteiger partial charge in [-0.25, -0.2) is 0 Å². The molecule has 114 valence electrons. The van der Waals surface area contributed by atoms with E-state index in [0.717, 1.165) is 20.8 Å². The standard InChI is InChI=1S/C6H3Cl2.3C2H4O2.Pb/c7-5-3-1-2-4-6(5)8;3*1-2(3)4;/h1,3-4H;3*1H3,(H,3,4);/q;;;;+3/p-3. The molecule has 1 aromatic rings. The van der Waals surface area contributed by atoms with Gasteiger partial charge in [-0.2, -0.15) is 0 Å². The molecule has 0 saturated carbocycles. The molecule has 0 aliphatic rings. The molecule has 6 nitrogen and oxygen atoms in total. The van der Waals surface area contributed by atoms with Crippen LogP contribution in [0.2, 0.25) is 10.0 Å². The van der Waals surface area contributed by atoms with Crippen LogP contribution in [0.3, 0.4) is 0 Å². The number of carbonyl (C=O) groups is 3. The van der Waals surface area contributed by atoms with Crippen LogP contribution in [0, 0.1) is 0 Å². The van der Waals surface area contributed by atoms with Gasteiger partial charge in [0.05, 0.1) is 0 Å². The Morgan fingerprint density at radius 2 is 1.29 bits per heavy atom. The van der Waals surface area contributed by atoms with Crippen molar-refractivity contribution in [2.45, 2.75) is 20.8 Å². The Hall–Kier alpha value is -0.868. The summed E-state index contributed by atoms with van der Waals surface area (Å²) >= 11 is 6.57. The first kappa shape index (κ1) is 18.2. The third-order valence-corrected chi connectivity index (χ3v) is 13.3. The van der Waals surface area contributed by atoms with Crippen LogP contribution >= 0.6 is 23.2 Å². The molecule has 0 spiro atoms. The zero-order valence-corrected chi connectivity index (χ0v) is 16.8. The van der Waals surface area contributed by atoms with Gasteiger partial charge in [0.1, 0.15) is 0 Å². The van der Waals surface area contributed by atoms with Crippen molar-refractivity contribution >= 4 is 66.8 Å². The Balaban J connectivity index is 3.43. The zero-order chi connectivity index (χ0) is 16.2. The first-order valence-electron chi connectivity index (χ1n) is 5.70. The minimum atomic E-state index is -5.16.